The van der Waals surface area contributed by atoms with Crippen molar-refractivity contribution >= 4 is 34.3 Å². The van der Waals surface area contributed by atoms with Gasteiger partial charge >= 0.3 is 0 Å². The molecule has 2 aliphatic heterocycles. The lowest BCUT2D eigenvalue weighted by Gasteiger charge is -2.34. The summed E-state index contributed by atoms with van der Waals surface area (Å²) in [6.45, 7) is 7.33. The molecule has 2 N–H and O–H groups in total. The van der Waals surface area contributed by atoms with E-state index in [4.69, 9.17) is 4.98 Å². The van der Waals surface area contributed by atoms with Gasteiger partial charge in [-0.15, -0.1) is 0 Å². The Morgan fingerprint density at radius 1 is 1.10 bits per heavy atom. The molecule has 1 unspecified atom stereocenters. The SMILES string of the molecule is CN1CCN(c2ccc(-c3cc4nccnc4c(NCC4CNCCS4)n3)cc2)CC1. The smallest absolute Gasteiger partial charge is 0.154 e. The van der Waals surface area contributed by atoms with Crippen LogP contribution in [0.1, 0.15) is 0 Å². The van der Waals surface area contributed by atoms with Crippen LogP contribution in [0.4, 0.5) is 11.5 Å². The molecule has 2 aliphatic rings. The third-order valence-corrected chi connectivity index (χ3v) is 7.23. The second-order valence-electron chi connectivity index (χ2n) is 8.20. The van der Waals surface area contributed by atoms with Crippen molar-refractivity contribution in [1.29, 1.82) is 0 Å². The van der Waals surface area contributed by atoms with Gasteiger partial charge in [-0.25, -0.2) is 9.97 Å². The Hall–Kier alpha value is -2.42. The van der Waals surface area contributed by atoms with Crippen molar-refractivity contribution in [2.75, 3.05) is 68.8 Å². The highest BCUT2D eigenvalue weighted by molar-refractivity contribution is 8.00. The molecule has 0 saturated carbocycles. The Bertz CT molecular complexity index is 1010. The van der Waals surface area contributed by atoms with Crippen molar-refractivity contribution in [3.05, 3.63) is 42.7 Å². The molecule has 1 aromatic carbocycles. The first-order valence-electron chi connectivity index (χ1n) is 11.0. The van der Waals surface area contributed by atoms with E-state index in [0.29, 0.717) is 5.25 Å². The first kappa shape index (κ1) is 20.5. The highest BCUT2D eigenvalue weighted by Gasteiger charge is 2.17. The third kappa shape index (κ3) is 4.76. The number of hydrogen-bond donors (Lipinski definition) is 2. The highest BCUT2D eigenvalue weighted by Crippen LogP contribution is 2.28. The number of nitrogens with one attached hydrogen (secondary N) is 2. The van der Waals surface area contributed by atoms with Crippen LogP contribution in [0.25, 0.3) is 22.3 Å². The maximum atomic E-state index is 4.94. The molecule has 4 heterocycles. The van der Waals surface area contributed by atoms with Gasteiger partial charge < -0.3 is 20.4 Å². The molecule has 0 aliphatic carbocycles. The molecule has 2 fully saturated rings. The molecule has 162 valence electrons. The number of anilines is 2. The molecular weight excluding hydrogens is 406 g/mol. The molecular formula is C23H29N7S. The van der Waals surface area contributed by atoms with Crippen LogP contribution in [0.3, 0.4) is 0 Å². The lowest BCUT2D eigenvalue weighted by atomic mass is 10.1. The summed E-state index contributed by atoms with van der Waals surface area (Å²) in [5.41, 5.74) is 5.00. The average Bonchev–Trinajstić information content (AvgIpc) is 2.83. The fraction of sp³-hybridized carbons (Fsp3) is 0.435. The normalized spacial score (nSPS) is 20.2. The van der Waals surface area contributed by atoms with Gasteiger partial charge in [-0.05, 0) is 25.2 Å². The van der Waals surface area contributed by atoms with Gasteiger partial charge in [0.2, 0.25) is 0 Å². The molecule has 0 spiro atoms. The minimum absolute atomic E-state index is 0.536. The number of fused-ring (bicyclic) bond motifs is 1. The number of nitrogens with zero attached hydrogens (tertiary/aromatic N) is 5. The van der Waals surface area contributed by atoms with Gasteiger partial charge in [0.05, 0.1) is 11.2 Å². The Labute approximate surface area is 187 Å². The Morgan fingerprint density at radius 2 is 1.90 bits per heavy atom. The topological polar surface area (TPSA) is 69.2 Å². The van der Waals surface area contributed by atoms with E-state index in [0.717, 1.165) is 79.7 Å². The molecule has 3 aromatic rings. The predicted molar refractivity (Wildman–Crippen MR) is 130 cm³/mol. The van der Waals surface area contributed by atoms with E-state index in [1.165, 1.54) is 5.69 Å². The molecule has 0 radical (unpaired) electrons. The van der Waals surface area contributed by atoms with Gasteiger partial charge in [-0.3, -0.25) is 4.98 Å². The van der Waals surface area contributed by atoms with E-state index < -0.39 is 0 Å². The van der Waals surface area contributed by atoms with Crippen LogP contribution in [0.5, 0.6) is 0 Å². The van der Waals surface area contributed by atoms with Crippen LogP contribution in [0, 0.1) is 0 Å². The summed E-state index contributed by atoms with van der Waals surface area (Å²) < 4.78 is 0. The molecule has 0 amide bonds. The molecule has 5 rings (SSSR count). The summed E-state index contributed by atoms with van der Waals surface area (Å²) >= 11 is 2.01. The number of benzene rings is 1. The Balaban J connectivity index is 1.39. The summed E-state index contributed by atoms with van der Waals surface area (Å²) in [5, 5.41) is 7.55. The van der Waals surface area contributed by atoms with Gasteiger partial charge in [0.15, 0.2) is 5.82 Å². The van der Waals surface area contributed by atoms with Gasteiger partial charge in [-0.1, -0.05) is 12.1 Å². The monoisotopic (exact) mass is 435 g/mol. The minimum Gasteiger partial charge on any atom is -0.369 e. The standard InChI is InChI=1S/C23H29N7S/c1-29-9-11-30(12-10-29)18-4-2-17(3-5-18)20-14-21-22(26-7-6-25-21)23(28-20)27-16-19-15-24-8-13-31-19/h2-7,14,19,24H,8-13,15-16H2,1H3,(H,27,28). The van der Waals surface area contributed by atoms with E-state index in [9.17, 15) is 0 Å². The fourth-order valence-corrected chi connectivity index (χ4v) is 5.14. The summed E-state index contributed by atoms with van der Waals surface area (Å²) in [5.74, 6) is 1.97. The quantitative estimate of drug-likeness (QED) is 0.634. The number of rotatable bonds is 5. The van der Waals surface area contributed by atoms with Crippen LogP contribution in [0.15, 0.2) is 42.7 Å². The van der Waals surface area contributed by atoms with Gasteiger partial charge in [0.1, 0.15) is 5.52 Å². The predicted octanol–water partition coefficient (Wildman–Crippen LogP) is 2.56. The number of hydrogen-bond acceptors (Lipinski definition) is 8. The number of thioether (sulfide) groups is 1. The maximum absolute atomic E-state index is 4.94. The molecule has 31 heavy (non-hydrogen) atoms. The van der Waals surface area contributed by atoms with Crippen molar-refractivity contribution < 1.29 is 0 Å². The van der Waals surface area contributed by atoms with Crippen molar-refractivity contribution in [2.24, 2.45) is 0 Å². The van der Waals surface area contributed by atoms with E-state index in [1.54, 1.807) is 12.4 Å². The van der Waals surface area contributed by atoms with Crippen molar-refractivity contribution in [2.45, 2.75) is 5.25 Å². The second-order valence-corrected chi connectivity index (χ2v) is 9.60. The maximum Gasteiger partial charge on any atom is 0.154 e. The molecule has 2 aromatic heterocycles. The zero-order valence-electron chi connectivity index (χ0n) is 17.9. The van der Waals surface area contributed by atoms with Gasteiger partial charge in [0, 0.05) is 80.5 Å². The van der Waals surface area contributed by atoms with E-state index >= 15 is 0 Å². The summed E-state index contributed by atoms with van der Waals surface area (Å²) in [4.78, 5) is 18.9. The van der Waals surface area contributed by atoms with Gasteiger partial charge in [-0.2, -0.15) is 11.8 Å². The second kappa shape index (κ2) is 9.38. The molecule has 7 nitrogen and oxygen atoms in total. The minimum atomic E-state index is 0.536. The number of likely N-dealkylation sites (N-methyl/N-ethyl adjacent to an activating group) is 1. The molecule has 2 saturated heterocycles. The first-order valence-corrected chi connectivity index (χ1v) is 12.0. The van der Waals surface area contributed by atoms with Crippen LogP contribution in [0.2, 0.25) is 0 Å². The Kier molecular flexibility index (Phi) is 6.20. The molecule has 0 bridgehead atoms. The van der Waals surface area contributed by atoms with E-state index in [-0.39, 0.29) is 0 Å². The largest absolute Gasteiger partial charge is 0.369 e. The van der Waals surface area contributed by atoms with Gasteiger partial charge in [0.25, 0.3) is 0 Å². The van der Waals surface area contributed by atoms with Crippen LogP contribution in [-0.2, 0) is 0 Å². The van der Waals surface area contributed by atoms with Crippen LogP contribution >= 0.6 is 11.8 Å². The first-order chi connectivity index (χ1) is 15.3. The third-order valence-electron chi connectivity index (χ3n) is 5.99. The molecule has 8 heteroatoms. The van der Waals surface area contributed by atoms with E-state index in [2.05, 4.69) is 61.7 Å². The fourth-order valence-electron chi connectivity index (χ4n) is 4.11. The van der Waals surface area contributed by atoms with Crippen molar-refractivity contribution in [3.8, 4) is 11.3 Å². The van der Waals surface area contributed by atoms with Crippen LogP contribution in [-0.4, -0.2) is 83.7 Å². The number of piperazine rings is 1. The summed E-state index contributed by atoms with van der Waals surface area (Å²) in [6.07, 6.45) is 3.48. The number of pyridine rings is 1. The highest BCUT2D eigenvalue weighted by atomic mass is 32.2. The lowest BCUT2D eigenvalue weighted by Crippen LogP contribution is -2.44. The summed E-state index contributed by atoms with van der Waals surface area (Å²) in [7, 11) is 2.18. The summed E-state index contributed by atoms with van der Waals surface area (Å²) in [6, 6.07) is 10.8. The zero-order valence-corrected chi connectivity index (χ0v) is 18.7. The number of aromatic nitrogens is 3. The van der Waals surface area contributed by atoms with Crippen molar-refractivity contribution in [3.63, 3.8) is 0 Å². The average molecular weight is 436 g/mol. The Morgan fingerprint density at radius 3 is 2.68 bits per heavy atom. The van der Waals surface area contributed by atoms with Crippen molar-refractivity contribution in [1.82, 2.24) is 25.2 Å². The molecule has 1 atom stereocenters. The lowest BCUT2D eigenvalue weighted by molar-refractivity contribution is 0.313. The zero-order chi connectivity index (χ0) is 21.0. The van der Waals surface area contributed by atoms with Crippen LogP contribution < -0.4 is 15.5 Å². The van der Waals surface area contributed by atoms with E-state index in [1.807, 2.05) is 17.8 Å².